The second-order valence-electron chi connectivity index (χ2n) is 6.24. The van der Waals surface area contributed by atoms with Crippen molar-refractivity contribution in [2.45, 2.75) is 0 Å². The molecule has 1 fully saturated rings. The molecule has 1 amide bonds. The minimum absolute atomic E-state index is 0.0791. The van der Waals surface area contributed by atoms with E-state index < -0.39 is 4.92 Å². The molecule has 1 aliphatic heterocycles. The number of halogens is 1. The van der Waals surface area contributed by atoms with Gasteiger partial charge in [-0.1, -0.05) is 0 Å². The Kier molecular flexibility index (Phi) is 5.43. The van der Waals surface area contributed by atoms with Crippen LogP contribution in [0, 0.1) is 15.9 Å². The van der Waals surface area contributed by atoms with Crippen molar-refractivity contribution in [2.24, 2.45) is 0 Å². The Morgan fingerprint density at radius 2 is 1.73 bits per heavy atom. The summed E-state index contributed by atoms with van der Waals surface area (Å²) in [6.45, 7) is 3.50. The molecule has 1 aliphatic rings. The van der Waals surface area contributed by atoms with Gasteiger partial charge >= 0.3 is 0 Å². The fourth-order valence-corrected chi connectivity index (χ4v) is 3.01. The summed E-state index contributed by atoms with van der Waals surface area (Å²) in [5.74, 6) is -0.439. The van der Waals surface area contributed by atoms with Crippen LogP contribution in [0.2, 0.25) is 0 Å². The van der Waals surface area contributed by atoms with Gasteiger partial charge < -0.3 is 15.1 Å². The van der Waals surface area contributed by atoms with E-state index >= 15 is 0 Å². The third kappa shape index (κ3) is 4.54. The van der Waals surface area contributed by atoms with Gasteiger partial charge in [-0.2, -0.15) is 0 Å². The van der Waals surface area contributed by atoms with Crippen molar-refractivity contribution in [3.8, 4) is 0 Å². The lowest BCUT2D eigenvalue weighted by atomic mass is 10.2. The zero-order valence-corrected chi connectivity index (χ0v) is 14.2. The zero-order chi connectivity index (χ0) is 18.5. The molecule has 1 saturated heterocycles. The molecule has 0 unspecified atom stereocenters. The van der Waals surface area contributed by atoms with Crippen LogP contribution in [0.3, 0.4) is 0 Å². The number of quaternary nitrogens is 1. The van der Waals surface area contributed by atoms with Crippen LogP contribution in [0.25, 0.3) is 0 Å². The van der Waals surface area contributed by atoms with E-state index in [-0.39, 0.29) is 17.4 Å². The maximum Gasteiger partial charge on any atom is 0.279 e. The van der Waals surface area contributed by atoms with Crippen LogP contribution >= 0.6 is 0 Å². The number of carbonyl (C=O) groups excluding carboxylic acids is 1. The Morgan fingerprint density at radius 3 is 2.31 bits per heavy atom. The van der Waals surface area contributed by atoms with E-state index in [1.807, 2.05) is 0 Å². The molecule has 0 spiro atoms. The third-order valence-corrected chi connectivity index (χ3v) is 4.43. The van der Waals surface area contributed by atoms with Crippen LogP contribution in [0.4, 0.5) is 21.5 Å². The van der Waals surface area contributed by atoms with E-state index in [0.29, 0.717) is 12.2 Å². The number of nitrogens with zero attached hydrogens (tertiary/aromatic N) is 2. The van der Waals surface area contributed by atoms with E-state index in [1.54, 1.807) is 12.1 Å². The Labute approximate surface area is 150 Å². The maximum atomic E-state index is 12.9. The molecule has 1 heterocycles. The number of non-ortho nitro benzene ring substituents is 1. The van der Waals surface area contributed by atoms with Crippen LogP contribution in [0.1, 0.15) is 0 Å². The molecule has 0 aromatic heterocycles. The number of nitro benzene ring substituents is 1. The quantitative estimate of drug-likeness (QED) is 0.618. The van der Waals surface area contributed by atoms with Gasteiger partial charge in [0.15, 0.2) is 6.54 Å². The van der Waals surface area contributed by atoms with Crippen LogP contribution in [0.5, 0.6) is 0 Å². The second kappa shape index (κ2) is 7.92. The molecule has 2 aromatic carbocycles. The van der Waals surface area contributed by atoms with E-state index in [0.717, 1.165) is 31.9 Å². The predicted molar refractivity (Wildman–Crippen MR) is 95.9 cm³/mol. The predicted octanol–water partition coefficient (Wildman–Crippen LogP) is 1.08. The summed E-state index contributed by atoms with van der Waals surface area (Å²) < 4.78 is 12.9. The van der Waals surface area contributed by atoms with Gasteiger partial charge in [0.05, 0.1) is 31.1 Å². The number of hydrogen-bond acceptors (Lipinski definition) is 4. The van der Waals surface area contributed by atoms with Crippen molar-refractivity contribution < 1.29 is 19.0 Å². The average Bonchev–Trinajstić information content (AvgIpc) is 2.64. The molecule has 3 rings (SSSR count). The lowest BCUT2D eigenvalue weighted by Crippen LogP contribution is -3.15. The van der Waals surface area contributed by atoms with Gasteiger partial charge in [-0.25, -0.2) is 4.39 Å². The highest BCUT2D eigenvalue weighted by atomic mass is 19.1. The van der Waals surface area contributed by atoms with Crippen molar-refractivity contribution in [1.82, 2.24) is 0 Å². The second-order valence-corrected chi connectivity index (χ2v) is 6.24. The van der Waals surface area contributed by atoms with Crippen LogP contribution < -0.4 is 15.1 Å². The van der Waals surface area contributed by atoms with E-state index in [1.165, 1.54) is 41.3 Å². The number of piperazine rings is 1. The highest BCUT2D eigenvalue weighted by Crippen LogP contribution is 2.19. The molecule has 2 aromatic rings. The number of nitro groups is 1. The standard InChI is InChI=1S/C18H19FN4O3/c19-14-1-3-15(4-2-14)20-18(24)13-21-9-11-22(12-10-21)16-5-7-17(8-6-16)23(25)26/h1-8H,9-13H2,(H,20,24)/p+1. The van der Waals surface area contributed by atoms with Crippen molar-refractivity contribution >= 4 is 23.0 Å². The molecule has 7 nitrogen and oxygen atoms in total. The molecule has 0 radical (unpaired) electrons. The number of benzene rings is 2. The van der Waals surface area contributed by atoms with Crippen molar-refractivity contribution in [3.63, 3.8) is 0 Å². The van der Waals surface area contributed by atoms with Gasteiger partial charge in [-0.15, -0.1) is 0 Å². The average molecular weight is 359 g/mol. The largest absolute Gasteiger partial charge is 0.360 e. The lowest BCUT2D eigenvalue weighted by Gasteiger charge is -2.33. The molecule has 2 N–H and O–H groups in total. The van der Waals surface area contributed by atoms with Gasteiger partial charge in [0.25, 0.3) is 11.6 Å². The number of rotatable bonds is 5. The summed E-state index contributed by atoms with van der Waals surface area (Å²) in [4.78, 5) is 25.7. The lowest BCUT2D eigenvalue weighted by molar-refractivity contribution is -0.892. The van der Waals surface area contributed by atoms with Gasteiger partial charge in [-0.3, -0.25) is 14.9 Å². The Hall–Kier alpha value is -3.00. The summed E-state index contributed by atoms with van der Waals surface area (Å²) in [7, 11) is 0. The number of anilines is 2. The normalized spacial score (nSPS) is 14.9. The van der Waals surface area contributed by atoms with Gasteiger partial charge in [0.1, 0.15) is 5.82 Å². The fraction of sp³-hybridized carbons (Fsp3) is 0.278. The highest BCUT2D eigenvalue weighted by Gasteiger charge is 2.22. The third-order valence-electron chi connectivity index (χ3n) is 4.43. The molecular formula is C18H20FN4O3+. The van der Waals surface area contributed by atoms with Crippen LogP contribution in [-0.2, 0) is 4.79 Å². The van der Waals surface area contributed by atoms with Crippen LogP contribution in [-0.4, -0.2) is 43.6 Å². The topological polar surface area (TPSA) is 79.9 Å². The van der Waals surface area contributed by atoms with Crippen molar-refractivity contribution in [2.75, 3.05) is 42.9 Å². The maximum absolute atomic E-state index is 12.9. The van der Waals surface area contributed by atoms with E-state index in [9.17, 15) is 19.3 Å². The number of nitrogens with one attached hydrogen (secondary N) is 2. The summed E-state index contributed by atoms with van der Waals surface area (Å²) in [5.41, 5.74) is 1.61. The minimum Gasteiger partial charge on any atom is -0.360 e. The Bertz CT molecular complexity index is 772. The molecule has 0 saturated carbocycles. The van der Waals surface area contributed by atoms with Gasteiger partial charge in [0, 0.05) is 23.5 Å². The first-order chi connectivity index (χ1) is 12.5. The smallest absolute Gasteiger partial charge is 0.279 e. The van der Waals surface area contributed by atoms with E-state index in [2.05, 4.69) is 10.2 Å². The molecule has 26 heavy (non-hydrogen) atoms. The first-order valence-electron chi connectivity index (χ1n) is 8.39. The first kappa shape index (κ1) is 17.8. The molecule has 0 bridgehead atoms. The molecule has 8 heteroatoms. The SMILES string of the molecule is O=C(C[NH+]1CCN(c2ccc([N+](=O)[O-])cc2)CC1)Nc1ccc(F)cc1. The summed E-state index contributed by atoms with van der Waals surface area (Å²) >= 11 is 0. The minimum atomic E-state index is -0.411. The molecule has 0 aliphatic carbocycles. The first-order valence-corrected chi connectivity index (χ1v) is 8.39. The van der Waals surface area contributed by atoms with Gasteiger partial charge in [-0.05, 0) is 36.4 Å². The monoisotopic (exact) mass is 359 g/mol. The highest BCUT2D eigenvalue weighted by molar-refractivity contribution is 5.91. The summed E-state index contributed by atoms with van der Waals surface area (Å²) in [5, 5.41) is 13.5. The Balaban J connectivity index is 1.48. The van der Waals surface area contributed by atoms with Crippen molar-refractivity contribution in [1.29, 1.82) is 0 Å². The summed E-state index contributed by atoms with van der Waals surface area (Å²) in [6.07, 6.45) is 0. The Morgan fingerprint density at radius 1 is 1.12 bits per heavy atom. The van der Waals surface area contributed by atoms with Crippen LogP contribution in [0.15, 0.2) is 48.5 Å². The summed E-state index contributed by atoms with van der Waals surface area (Å²) in [6, 6.07) is 12.2. The molecule has 0 atom stereocenters. The van der Waals surface area contributed by atoms with Gasteiger partial charge in [0.2, 0.25) is 0 Å². The molecule has 136 valence electrons. The van der Waals surface area contributed by atoms with E-state index in [4.69, 9.17) is 0 Å². The molecular weight excluding hydrogens is 339 g/mol. The zero-order valence-electron chi connectivity index (χ0n) is 14.2. The van der Waals surface area contributed by atoms with Crippen molar-refractivity contribution in [3.05, 3.63) is 64.5 Å². The number of carbonyl (C=O) groups is 1. The number of hydrogen-bond donors (Lipinski definition) is 2. The number of amides is 1. The fourth-order valence-electron chi connectivity index (χ4n) is 3.01.